The van der Waals surface area contributed by atoms with Crippen molar-refractivity contribution in [2.45, 2.75) is 38.8 Å². The van der Waals surface area contributed by atoms with Crippen LogP contribution in [0.5, 0.6) is 11.5 Å². The van der Waals surface area contributed by atoms with Gasteiger partial charge in [-0.15, -0.1) is 0 Å². The molecule has 0 bridgehead atoms. The summed E-state index contributed by atoms with van der Waals surface area (Å²) in [5, 5.41) is 13.1. The van der Waals surface area contributed by atoms with E-state index >= 15 is 0 Å². The van der Waals surface area contributed by atoms with E-state index in [1.165, 1.54) is 5.56 Å². The monoisotopic (exact) mass is 265 g/mol. The van der Waals surface area contributed by atoms with Crippen molar-refractivity contribution in [1.29, 1.82) is 0 Å². The standard InChI is InChI=1S/C15H23NO3/c1-11(2)16-10-13(17)5-3-12-4-6-14-15(9-12)19-8-7-18-14/h4,6,9,11,13,16-17H,3,5,7-8,10H2,1-2H3. The molecule has 2 rings (SSSR count). The Morgan fingerprint density at radius 3 is 2.68 bits per heavy atom. The fourth-order valence-electron chi connectivity index (χ4n) is 2.05. The Balaban J connectivity index is 1.82. The first kappa shape index (κ1) is 14.2. The van der Waals surface area contributed by atoms with E-state index in [-0.39, 0.29) is 6.10 Å². The molecule has 1 aromatic carbocycles. The molecule has 1 heterocycles. The van der Waals surface area contributed by atoms with Crippen LogP contribution in [0.3, 0.4) is 0 Å². The third-order valence-electron chi connectivity index (χ3n) is 3.13. The number of rotatable bonds is 6. The molecule has 4 nitrogen and oxygen atoms in total. The molecule has 1 atom stereocenters. The summed E-state index contributed by atoms with van der Waals surface area (Å²) in [4.78, 5) is 0. The fraction of sp³-hybridized carbons (Fsp3) is 0.600. The van der Waals surface area contributed by atoms with Gasteiger partial charge >= 0.3 is 0 Å². The Kier molecular flexibility index (Phi) is 5.05. The van der Waals surface area contributed by atoms with Crippen LogP contribution in [-0.4, -0.2) is 37.0 Å². The molecule has 1 unspecified atom stereocenters. The Morgan fingerprint density at radius 2 is 1.95 bits per heavy atom. The number of nitrogens with one attached hydrogen (secondary N) is 1. The lowest BCUT2D eigenvalue weighted by Crippen LogP contribution is -2.32. The number of hydrogen-bond acceptors (Lipinski definition) is 4. The molecule has 1 aliphatic rings. The van der Waals surface area contributed by atoms with Crippen LogP contribution < -0.4 is 14.8 Å². The molecule has 4 heteroatoms. The van der Waals surface area contributed by atoms with Gasteiger partial charge in [-0.05, 0) is 30.5 Å². The minimum Gasteiger partial charge on any atom is -0.486 e. The first-order valence-corrected chi connectivity index (χ1v) is 6.95. The number of aryl methyl sites for hydroxylation is 1. The summed E-state index contributed by atoms with van der Waals surface area (Å²) in [7, 11) is 0. The zero-order chi connectivity index (χ0) is 13.7. The van der Waals surface area contributed by atoms with Crippen molar-refractivity contribution in [3.8, 4) is 11.5 Å². The summed E-state index contributed by atoms with van der Waals surface area (Å²) in [5.41, 5.74) is 1.17. The van der Waals surface area contributed by atoms with Crippen molar-refractivity contribution in [1.82, 2.24) is 5.32 Å². The molecule has 0 spiro atoms. The van der Waals surface area contributed by atoms with Crippen LogP contribution in [0.2, 0.25) is 0 Å². The number of aliphatic hydroxyl groups is 1. The molecular weight excluding hydrogens is 242 g/mol. The predicted molar refractivity (Wildman–Crippen MR) is 74.9 cm³/mol. The van der Waals surface area contributed by atoms with Crippen LogP contribution in [0, 0.1) is 0 Å². The summed E-state index contributed by atoms with van der Waals surface area (Å²) in [6.07, 6.45) is 1.28. The third kappa shape index (κ3) is 4.40. The lowest BCUT2D eigenvalue weighted by Gasteiger charge is -2.19. The van der Waals surface area contributed by atoms with Gasteiger partial charge in [-0.2, -0.15) is 0 Å². The topological polar surface area (TPSA) is 50.7 Å². The Labute approximate surface area is 114 Å². The van der Waals surface area contributed by atoms with Crippen LogP contribution >= 0.6 is 0 Å². The second-order valence-corrected chi connectivity index (χ2v) is 5.23. The van der Waals surface area contributed by atoms with E-state index in [9.17, 15) is 5.11 Å². The molecule has 0 saturated carbocycles. The van der Waals surface area contributed by atoms with E-state index in [1.807, 2.05) is 18.2 Å². The van der Waals surface area contributed by atoms with Crippen LogP contribution in [0.25, 0.3) is 0 Å². The first-order chi connectivity index (χ1) is 9.15. The minimum absolute atomic E-state index is 0.310. The number of ether oxygens (including phenoxy) is 2. The van der Waals surface area contributed by atoms with Gasteiger partial charge in [-0.1, -0.05) is 19.9 Å². The molecule has 1 aromatic rings. The summed E-state index contributed by atoms with van der Waals surface area (Å²) in [5.74, 6) is 1.63. The SMILES string of the molecule is CC(C)NCC(O)CCc1ccc2c(c1)OCCO2. The van der Waals surface area contributed by atoms with Gasteiger partial charge in [-0.3, -0.25) is 0 Å². The normalized spacial score (nSPS) is 15.6. The maximum atomic E-state index is 9.88. The zero-order valence-electron chi connectivity index (χ0n) is 11.7. The molecule has 0 saturated heterocycles. The van der Waals surface area contributed by atoms with Gasteiger partial charge < -0.3 is 19.9 Å². The Bertz CT molecular complexity index is 406. The number of fused-ring (bicyclic) bond motifs is 1. The van der Waals surface area contributed by atoms with Crippen molar-refractivity contribution in [3.05, 3.63) is 23.8 Å². The summed E-state index contributed by atoms with van der Waals surface area (Å²) < 4.78 is 11.0. The molecule has 1 aliphatic heterocycles. The van der Waals surface area contributed by atoms with Gasteiger partial charge in [0.1, 0.15) is 13.2 Å². The Morgan fingerprint density at radius 1 is 1.21 bits per heavy atom. The van der Waals surface area contributed by atoms with Crippen molar-refractivity contribution >= 4 is 0 Å². The lowest BCUT2D eigenvalue weighted by molar-refractivity contribution is 0.158. The average molecular weight is 265 g/mol. The first-order valence-electron chi connectivity index (χ1n) is 6.95. The molecule has 0 fully saturated rings. The smallest absolute Gasteiger partial charge is 0.161 e. The predicted octanol–water partition coefficient (Wildman–Crippen LogP) is 1.75. The molecule has 106 valence electrons. The van der Waals surface area contributed by atoms with Crippen LogP contribution in [0.4, 0.5) is 0 Å². The van der Waals surface area contributed by atoms with Gasteiger partial charge in [0.15, 0.2) is 11.5 Å². The highest BCUT2D eigenvalue weighted by Gasteiger charge is 2.12. The lowest BCUT2D eigenvalue weighted by atomic mass is 10.1. The molecule has 0 radical (unpaired) electrons. The van der Waals surface area contributed by atoms with Crippen molar-refractivity contribution < 1.29 is 14.6 Å². The van der Waals surface area contributed by atoms with Gasteiger partial charge in [0.25, 0.3) is 0 Å². The average Bonchev–Trinajstić information content (AvgIpc) is 2.42. The summed E-state index contributed by atoms with van der Waals surface area (Å²) in [6, 6.07) is 6.40. The van der Waals surface area contributed by atoms with E-state index in [1.54, 1.807) is 0 Å². The van der Waals surface area contributed by atoms with E-state index in [4.69, 9.17) is 9.47 Å². The molecule has 0 amide bonds. The van der Waals surface area contributed by atoms with E-state index in [0.29, 0.717) is 25.8 Å². The van der Waals surface area contributed by atoms with Crippen LogP contribution in [0.1, 0.15) is 25.8 Å². The number of hydrogen-bond donors (Lipinski definition) is 2. The third-order valence-corrected chi connectivity index (χ3v) is 3.13. The maximum absolute atomic E-state index is 9.88. The maximum Gasteiger partial charge on any atom is 0.161 e. The zero-order valence-corrected chi connectivity index (χ0v) is 11.7. The van der Waals surface area contributed by atoms with Crippen molar-refractivity contribution in [2.75, 3.05) is 19.8 Å². The van der Waals surface area contributed by atoms with E-state index in [2.05, 4.69) is 19.2 Å². The largest absolute Gasteiger partial charge is 0.486 e. The fourth-order valence-corrected chi connectivity index (χ4v) is 2.05. The van der Waals surface area contributed by atoms with Crippen LogP contribution in [-0.2, 0) is 6.42 Å². The highest BCUT2D eigenvalue weighted by Crippen LogP contribution is 2.31. The molecular formula is C15H23NO3. The highest BCUT2D eigenvalue weighted by atomic mass is 16.6. The summed E-state index contributed by atoms with van der Waals surface area (Å²) in [6.45, 7) is 6.02. The molecule has 2 N–H and O–H groups in total. The Hall–Kier alpha value is -1.26. The van der Waals surface area contributed by atoms with Gasteiger partial charge in [0.2, 0.25) is 0 Å². The van der Waals surface area contributed by atoms with Gasteiger partial charge in [0.05, 0.1) is 6.10 Å². The number of benzene rings is 1. The molecule has 0 aromatic heterocycles. The van der Waals surface area contributed by atoms with E-state index in [0.717, 1.165) is 24.3 Å². The second kappa shape index (κ2) is 6.78. The highest BCUT2D eigenvalue weighted by molar-refractivity contribution is 5.43. The molecule has 0 aliphatic carbocycles. The summed E-state index contributed by atoms with van der Waals surface area (Å²) >= 11 is 0. The quantitative estimate of drug-likeness (QED) is 0.823. The van der Waals surface area contributed by atoms with Crippen molar-refractivity contribution in [2.24, 2.45) is 0 Å². The van der Waals surface area contributed by atoms with Gasteiger partial charge in [-0.25, -0.2) is 0 Å². The second-order valence-electron chi connectivity index (χ2n) is 5.23. The number of aliphatic hydroxyl groups excluding tert-OH is 1. The van der Waals surface area contributed by atoms with Crippen LogP contribution in [0.15, 0.2) is 18.2 Å². The van der Waals surface area contributed by atoms with E-state index < -0.39 is 0 Å². The van der Waals surface area contributed by atoms with Gasteiger partial charge in [0, 0.05) is 12.6 Å². The van der Waals surface area contributed by atoms with Crippen molar-refractivity contribution in [3.63, 3.8) is 0 Å². The minimum atomic E-state index is -0.310. The molecule has 19 heavy (non-hydrogen) atoms.